The summed E-state index contributed by atoms with van der Waals surface area (Å²) in [7, 11) is 0. The van der Waals surface area contributed by atoms with Crippen LogP contribution in [-0.4, -0.2) is 29.0 Å². The van der Waals surface area contributed by atoms with Gasteiger partial charge in [-0.15, -0.1) is 0 Å². The number of anilines is 1. The zero-order chi connectivity index (χ0) is 25.9. The van der Waals surface area contributed by atoms with Gasteiger partial charge in [-0.05, 0) is 48.5 Å². The molecule has 5 rings (SSSR count). The average molecular weight is 514 g/mol. The number of para-hydroxylation sites is 2. The van der Waals surface area contributed by atoms with E-state index in [9.17, 15) is 14.4 Å². The second-order valence-corrected chi connectivity index (χ2v) is 9.35. The third kappa shape index (κ3) is 5.13. The van der Waals surface area contributed by atoms with Crippen LogP contribution in [0, 0.1) is 5.92 Å². The number of aromatic nitrogens is 1. The van der Waals surface area contributed by atoms with Crippen LogP contribution in [0.5, 0.6) is 5.75 Å². The fraction of sp³-hybridized carbons (Fsp3) is 0.138. The molecule has 8 heteroatoms. The molecule has 37 heavy (non-hydrogen) atoms. The van der Waals surface area contributed by atoms with Gasteiger partial charge in [-0.3, -0.25) is 14.9 Å². The molecular formula is C29H24ClN3O4. The number of rotatable bonds is 7. The van der Waals surface area contributed by atoms with Crippen molar-refractivity contribution >= 4 is 52.1 Å². The molecule has 0 saturated carbocycles. The molecule has 4 aromatic rings. The summed E-state index contributed by atoms with van der Waals surface area (Å²) in [5.41, 5.74) is 1.86. The van der Waals surface area contributed by atoms with Crippen molar-refractivity contribution in [2.24, 2.45) is 5.92 Å². The second kappa shape index (κ2) is 10.3. The third-order valence-corrected chi connectivity index (χ3v) is 6.34. The maximum absolute atomic E-state index is 13.3. The van der Waals surface area contributed by atoms with Gasteiger partial charge in [0.15, 0.2) is 0 Å². The quantitative estimate of drug-likeness (QED) is 0.255. The molecule has 1 atom stereocenters. The molecule has 1 fully saturated rings. The first-order chi connectivity index (χ1) is 17.9. The maximum Gasteiger partial charge on any atom is 0.335 e. The number of hydrogen-bond donors (Lipinski definition) is 1. The Morgan fingerprint density at radius 1 is 0.946 bits per heavy atom. The lowest BCUT2D eigenvalue weighted by Crippen LogP contribution is -2.54. The SMILES string of the molecule is CC(COc1ccccc1)Cn1cc(/C=C2\C(=O)NC(=O)N(c3ccc(Cl)cc3)C2=O)c2ccccc21. The Morgan fingerprint density at radius 2 is 1.65 bits per heavy atom. The molecule has 1 aliphatic rings. The van der Waals surface area contributed by atoms with E-state index in [-0.39, 0.29) is 11.5 Å². The van der Waals surface area contributed by atoms with Gasteiger partial charge in [-0.1, -0.05) is 54.9 Å². The molecule has 7 nitrogen and oxygen atoms in total. The van der Waals surface area contributed by atoms with E-state index in [1.54, 1.807) is 24.3 Å². The molecule has 1 saturated heterocycles. The predicted octanol–water partition coefficient (Wildman–Crippen LogP) is 5.68. The van der Waals surface area contributed by atoms with E-state index in [0.717, 1.165) is 21.6 Å². The van der Waals surface area contributed by atoms with Crippen LogP contribution in [0.1, 0.15) is 12.5 Å². The molecular weight excluding hydrogens is 490 g/mol. The number of nitrogens with zero attached hydrogens (tertiary/aromatic N) is 2. The Balaban J connectivity index is 1.43. The van der Waals surface area contributed by atoms with Crippen LogP contribution < -0.4 is 15.0 Å². The number of urea groups is 1. The van der Waals surface area contributed by atoms with E-state index in [2.05, 4.69) is 16.8 Å². The number of halogens is 1. The van der Waals surface area contributed by atoms with Crippen LogP contribution in [0.2, 0.25) is 5.02 Å². The molecule has 4 amide bonds. The van der Waals surface area contributed by atoms with Crippen LogP contribution in [0.3, 0.4) is 0 Å². The Kier molecular flexibility index (Phi) is 6.79. The van der Waals surface area contributed by atoms with E-state index in [1.807, 2.05) is 60.8 Å². The number of ether oxygens (including phenoxy) is 1. The highest BCUT2D eigenvalue weighted by molar-refractivity contribution is 6.39. The number of barbiturate groups is 1. The molecule has 186 valence electrons. The summed E-state index contributed by atoms with van der Waals surface area (Å²) in [6, 6.07) is 22.9. The van der Waals surface area contributed by atoms with Crippen molar-refractivity contribution in [3.63, 3.8) is 0 Å². The Labute approximate surface area is 218 Å². The number of benzene rings is 3. The van der Waals surface area contributed by atoms with E-state index >= 15 is 0 Å². The van der Waals surface area contributed by atoms with Gasteiger partial charge in [0.2, 0.25) is 0 Å². The van der Waals surface area contributed by atoms with Crippen molar-refractivity contribution in [3.05, 3.63) is 101 Å². The molecule has 1 aliphatic heterocycles. The molecule has 1 N–H and O–H groups in total. The molecule has 1 aromatic heterocycles. The zero-order valence-corrected chi connectivity index (χ0v) is 20.8. The van der Waals surface area contributed by atoms with Gasteiger partial charge < -0.3 is 9.30 Å². The van der Waals surface area contributed by atoms with Crippen LogP contribution in [0.4, 0.5) is 10.5 Å². The highest BCUT2D eigenvalue weighted by atomic mass is 35.5. The predicted molar refractivity (Wildman–Crippen MR) is 143 cm³/mol. The minimum atomic E-state index is -0.802. The standard InChI is InChI=1S/C29H24ClN3O4/c1-19(18-37-23-7-3-2-4-8-23)16-32-17-20(24-9-5-6-10-26(24)32)15-25-27(34)31-29(36)33(28(25)35)22-13-11-21(30)12-14-22/h2-15,17,19H,16,18H2,1H3,(H,31,34,36)/b25-15+. The molecule has 2 heterocycles. The largest absolute Gasteiger partial charge is 0.493 e. The summed E-state index contributed by atoms with van der Waals surface area (Å²) in [5.74, 6) is -0.424. The van der Waals surface area contributed by atoms with Gasteiger partial charge in [-0.25, -0.2) is 9.69 Å². The molecule has 3 aromatic carbocycles. The monoisotopic (exact) mass is 513 g/mol. The van der Waals surface area contributed by atoms with Crippen molar-refractivity contribution in [2.45, 2.75) is 13.5 Å². The highest BCUT2D eigenvalue weighted by Crippen LogP contribution is 2.28. The fourth-order valence-corrected chi connectivity index (χ4v) is 4.45. The second-order valence-electron chi connectivity index (χ2n) is 8.92. The van der Waals surface area contributed by atoms with Crippen LogP contribution >= 0.6 is 11.6 Å². The maximum atomic E-state index is 13.3. The van der Waals surface area contributed by atoms with Crippen molar-refractivity contribution in [1.82, 2.24) is 9.88 Å². The van der Waals surface area contributed by atoms with Gasteiger partial charge in [0.1, 0.15) is 11.3 Å². The normalized spacial score (nSPS) is 15.8. The fourth-order valence-electron chi connectivity index (χ4n) is 4.32. The van der Waals surface area contributed by atoms with Gasteiger partial charge in [0.05, 0.1) is 12.3 Å². The Hall–Kier alpha value is -4.36. The van der Waals surface area contributed by atoms with E-state index in [1.165, 1.54) is 6.08 Å². The summed E-state index contributed by atoms with van der Waals surface area (Å²) in [6.45, 7) is 3.31. The van der Waals surface area contributed by atoms with Crippen molar-refractivity contribution in [2.75, 3.05) is 11.5 Å². The van der Waals surface area contributed by atoms with Gasteiger partial charge in [-0.2, -0.15) is 0 Å². The first-order valence-corrected chi connectivity index (χ1v) is 12.2. The minimum absolute atomic E-state index is 0.127. The van der Waals surface area contributed by atoms with Crippen molar-refractivity contribution in [3.8, 4) is 5.75 Å². The van der Waals surface area contributed by atoms with Crippen molar-refractivity contribution < 1.29 is 19.1 Å². The molecule has 1 unspecified atom stereocenters. The lowest BCUT2D eigenvalue weighted by molar-refractivity contribution is -0.122. The minimum Gasteiger partial charge on any atom is -0.493 e. The lowest BCUT2D eigenvalue weighted by Gasteiger charge is -2.26. The summed E-state index contributed by atoms with van der Waals surface area (Å²) >= 11 is 5.95. The summed E-state index contributed by atoms with van der Waals surface area (Å²) in [6.07, 6.45) is 3.46. The molecule has 0 radical (unpaired) electrons. The lowest BCUT2D eigenvalue weighted by atomic mass is 10.1. The van der Waals surface area contributed by atoms with Crippen LogP contribution in [-0.2, 0) is 16.1 Å². The first-order valence-electron chi connectivity index (χ1n) is 11.8. The third-order valence-electron chi connectivity index (χ3n) is 6.09. The van der Waals surface area contributed by atoms with Gasteiger partial charge in [0, 0.05) is 40.1 Å². The highest BCUT2D eigenvalue weighted by Gasteiger charge is 2.37. The number of amides is 4. The average Bonchev–Trinajstić information content (AvgIpc) is 3.24. The smallest absolute Gasteiger partial charge is 0.335 e. The molecule has 0 bridgehead atoms. The van der Waals surface area contributed by atoms with Crippen LogP contribution in [0.25, 0.3) is 17.0 Å². The zero-order valence-electron chi connectivity index (χ0n) is 20.1. The number of imide groups is 2. The van der Waals surface area contributed by atoms with Gasteiger partial charge >= 0.3 is 6.03 Å². The number of nitrogens with one attached hydrogen (secondary N) is 1. The number of carbonyl (C=O) groups excluding carboxylic acids is 3. The summed E-state index contributed by atoms with van der Waals surface area (Å²) < 4.78 is 8.00. The topological polar surface area (TPSA) is 80.6 Å². The number of carbonyl (C=O) groups is 3. The summed E-state index contributed by atoms with van der Waals surface area (Å²) in [4.78, 5) is 39.4. The molecule has 0 aliphatic carbocycles. The van der Waals surface area contributed by atoms with E-state index in [0.29, 0.717) is 29.4 Å². The summed E-state index contributed by atoms with van der Waals surface area (Å²) in [5, 5.41) is 3.62. The van der Waals surface area contributed by atoms with Crippen molar-refractivity contribution in [1.29, 1.82) is 0 Å². The Morgan fingerprint density at radius 3 is 2.41 bits per heavy atom. The Bertz CT molecular complexity index is 1510. The van der Waals surface area contributed by atoms with Gasteiger partial charge in [0.25, 0.3) is 11.8 Å². The first kappa shape index (κ1) is 24.3. The molecule has 0 spiro atoms. The van der Waals surface area contributed by atoms with Crippen LogP contribution in [0.15, 0.2) is 90.6 Å². The number of hydrogen-bond acceptors (Lipinski definition) is 4. The van der Waals surface area contributed by atoms with E-state index in [4.69, 9.17) is 16.3 Å². The number of fused-ring (bicyclic) bond motifs is 1. The van der Waals surface area contributed by atoms with E-state index < -0.39 is 17.8 Å².